The molecule has 2 aromatic heterocycles. The fourth-order valence-electron chi connectivity index (χ4n) is 2.25. The van der Waals surface area contributed by atoms with E-state index in [1.54, 1.807) is 10.7 Å². The molecule has 0 unspecified atom stereocenters. The van der Waals surface area contributed by atoms with E-state index in [-0.39, 0.29) is 11.6 Å². The number of hydrogen-bond acceptors (Lipinski definition) is 3. The molecule has 0 saturated carbocycles. The Kier molecular flexibility index (Phi) is 4.48. The number of fused-ring (bicyclic) bond motifs is 1. The van der Waals surface area contributed by atoms with Crippen LogP contribution in [0, 0.1) is 0 Å². The van der Waals surface area contributed by atoms with Gasteiger partial charge in [0.05, 0.1) is 17.1 Å². The van der Waals surface area contributed by atoms with Crippen LogP contribution < -0.4 is 10.1 Å². The summed E-state index contributed by atoms with van der Waals surface area (Å²) in [4.78, 5) is 12.3. The van der Waals surface area contributed by atoms with Gasteiger partial charge < -0.3 is 10.1 Å². The number of hydrogen-bond donors (Lipinski definition) is 1. The van der Waals surface area contributed by atoms with Crippen molar-refractivity contribution in [3.05, 3.63) is 64.9 Å². The largest absolute Gasteiger partial charge is 0.494 e. The van der Waals surface area contributed by atoms with Crippen molar-refractivity contribution in [3.8, 4) is 5.75 Å². The molecule has 0 fully saturated rings. The van der Waals surface area contributed by atoms with E-state index in [0.717, 1.165) is 11.3 Å². The van der Waals surface area contributed by atoms with Gasteiger partial charge in [0.25, 0.3) is 5.91 Å². The minimum absolute atomic E-state index is 0.226. The third kappa shape index (κ3) is 3.29. The number of benzene rings is 1. The zero-order valence-corrected chi connectivity index (χ0v) is 13.4. The first-order chi connectivity index (χ1) is 11.2. The number of aromatic nitrogens is 2. The van der Waals surface area contributed by atoms with Crippen molar-refractivity contribution in [2.24, 2.45) is 0 Å². The van der Waals surface area contributed by atoms with Crippen LogP contribution in [0.4, 0.5) is 0 Å². The highest BCUT2D eigenvalue weighted by molar-refractivity contribution is 6.36. The zero-order chi connectivity index (χ0) is 16.2. The molecule has 6 heteroatoms. The predicted molar refractivity (Wildman–Crippen MR) is 89.0 cm³/mol. The molecule has 0 aliphatic carbocycles. The fourth-order valence-corrected chi connectivity index (χ4v) is 2.52. The molecule has 0 saturated heterocycles. The second-order valence-electron chi connectivity index (χ2n) is 4.95. The van der Waals surface area contributed by atoms with Crippen molar-refractivity contribution in [1.29, 1.82) is 0 Å². The molecule has 0 atom stereocenters. The summed E-state index contributed by atoms with van der Waals surface area (Å²) >= 11 is 6.23. The number of carbonyl (C=O) groups excluding carboxylic acids is 1. The SMILES string of the molecule is CCOc1ccc(CNC(=O)c2nn3ccccc3c2Cl)cc1. The minimum Gasteiger partial charge on any atom is -0.494 e. The number of rotatable bonds is 5. The molecule has 0 radical (unpaired) electrons. The summed E-state index contributed by atoms with van der Waals surface area (Å²) in [6, 6.07) is 13.1. The summed E-state index contributed by atoms with van der Waals surface area (Å²) < 4.78 is 6.98. The Morgan fingerprint density at radius 2 is 2.04 bits per heavy atom. The number of carbonyl (C=O) groups is 1. The summed E-state index contributed by atoms with van der Waals surface area (Å²) in [5.74, 6) is 0.513. The number of ether oxygens (including phenoxy) is 1. The van der Waals surface area contributed by atoms with Crippen molar-refractivity contribution in [2.45, 2.75) is 13.5 Å². The first-order valence-corrected chi connectivity index (χ1v) is 7.69. The van der Waals surface area contributed by atoms with E-state index in [1.807, 2.05) is 49.4 Å². The summed E-state index contributed by atoms with van der Waals surface area (Å²) in [6.45, 7) is 2.96. The lowest BCUT2D eigenvalue weighted by atomic mass is 10.2. The van der Waals surface area contributed by atoms with Gasteiger partial charge >= 0.3 is 0 Å². The van der Waals surface area contributed by atoms with Gasteiger partial charge in [0.2, 0.25) is 0 Å². The molecule has 1 N–H and O–H groups in total. The Morgan fingerprint density at radius 1 is 1.26 bits per heavy atom. The average Bonchev–Trinajstić information content (AvgIpc) is 2.92. The van der Waals surface area contributed by atoms with Crippen molar-refractivity contribution in [3.63, 3.8) is 0 Å². The zero-order valence-electron chi connectivity index (χ0n) is 12.6. The van der Waals surface area contributed by atoms with Gasteiger partial charge in [-0.3, -0.25) is 4.79 Å². The molecule has 0 bridgehead atoms. The molecule has 0 spiro atoms. The van der Waals surface area contributed by atoms with Crippen LogP contribution in [0.25, 0.3) is 5.52 Å². The van der Waals surface area contributed by atoms with Crippen LogP contribution in [0.1, 0.15) is 23.0 Å². The van der Waals surface area contributed by atoms with Gasteiger partial charge in [-0.15, -0.1) is 0 Å². The normalized spacial score (nSPS) is 10.7. The quantitative estimate of drug-likeness (QED) is 0.781. The Bertz CT molecular complexity index is 827. The number of amides is 1. The highest BCUT2D eigenvalue weighted by atomic mass is 35.5. The van der Waals surface area contributed by atoms with E-state index in [4.69, 9.17) is 16.3 Å². The van der Waals surface area contributed by atoms with Crippen LogP contribution in [0.3, 0.4) is 0 Å². The molecule has 23 heavy (non-hydrogen) atoms. The predicted octanol–water partition coefficient (Wildman–Crippen LogP) is 3.32. The highest BCUT2D eigenvalue weighted by Gasteiger charge is 2.17. The summed E-state index contributed by atoms with van der Waals surface area (Å²) in [5, 5.41) is 7.40. The smallest absolute Gasteiger partial charge is 0.273 e. The molecule has 2 heterocycles. The number of pyridine rings is 1. The molecule has 0 aliphatic rings. The maximum atomic E-state index is 12.3. The van der Waals surface area contributed by atoms with Crippen LogP contribution in [-0.2, 0) is 6.54 Å². The average molecular weight is 330 g/mol. The van der Waals surface area contributed by atoms with E-state index in [2.05, 4.69) is 10.4 Å². The molecule has 3 aromatic rings. The second kappa shape index (κ2) is 6.71. The third-order valence-corrected chi connectivity index (χ3v) is 3.75. The van der Waals surface area contributed by atoms with Gasteiger partial charge in [-0.25, -0.2) is 4.52 Å². The van der Waals surface area contributed by atoms with E-state index < -0.39 is 0 Å². The number of nitrogens with zero attached hydrogens (tertiary/aromatic N) is 2. The Balaban J connectivity index is 1.69. The maximum Gasteiger partial charge on any atom is 0.273 e. The van der Waals surface area contributed by atoms with Crippen LogP contribution in [0.2, 0.25) is 5.02 Å². The lowest BCUT2D eigenvalue weighted by molar-refractivity contribution is 0.0945. The van der Waals surface area contributed by atoms with Crippen LogP contribution in [0.5, 0.6) is 5.75 Å². The van der Waals surface area contributed by atoms with Crippen molar-refractivity contribution >= 4 is 23.0 Å². The molecule has 1 amide bonds. The maximum absolute atomic E-state index is 12.3. The second-order valence-corrected chi connectivity index (χ2v) is 5.33. The lowest BCUT2D eigenvalue weighted by Gasteiger charge is -2.06. The first kappa shape index (κ1) is 15.4. The van der Waals surface area contributed by atoms with Gasteiger partial charge in [0, 0.05) is 12.7 Å². The van der Waals surface area contributed by atoms with E-state index in [9.17, 15) is 4.79 Å². The van der Waals surface area contributed by atoms with Gasteiger partial charge in [-0.2, -0.15) is 5.10 Å². The van der Waals surface area contributed by atoms with E-state index >= 15 is 0 Å². The molecule has 1 aromatic carbocycles. The van der Waals surface area contributed by atoms with Crippen LogP contribution >= 0.6 is 11.6 Å². The number of nitrogens with one attached hydrogen (secondary N) is 1. The third-order valence-electron chi connectivity index (χ3n) is 3.38. The topological polar surface area (TPSA) is 55.6 Å². The van der Waals surface area contributed by atoms with E-state index in [0.29, 0.717) is 23.7 Å². The molecule has 3 rings (SSSR count). The standard InChI is InChI=1S/C17H16ClN3O2/c1-2-23-13-8-6-12(7-9-13)11-19-17(22)16-15(18)14-5-3-4-10-21(14)20-16/h3-10H,2,11H2,1H3,(H,19,22). The van der Waals surface area contributed by atoms with Gasteiger partial charge in [-0.05, 0) is 36.8 Å². The van der Waals surface area contributed by atoms with Gasteiger partial charge in [0.15, 0.2) is 5.69 Å². The van der Waals surface area contributed by atoms with Crippen LogP contribution in [-0.4, -0.2) is 22.1 Å². The fraction of sp³-hybridized carbons (Fsp3) is 0.176. The van der Waals surface area contributed by atoms with Crippen molar-refractivity contribution in [2.75, 3.05) is 6.61 Å². The molecular weight excluding hydrogens is 314 g/mol. The molecule has 0 aliphatic heterocycles. The van der Waals surface area contributed by atoms with Crippen molar-refractivity contribution in [1.82, 2.24) is 14.9 Å². The Morgan fingerprint density at radius 3 is 2.74 bits per heavy atom. The number of halogens is 1. The summed E-state index contributed by atoms with van der Waals surface area (Å²) in [7, 11) is 0. The Hall–Kier alpha value is -2.53. The molecular formula is C17H16ClN3O2. The van der Waals surface area contributed by atoms with Crippen LogP contribution in [0.15, 0.2) is 48.7 Å². The van der Waals surface area contributed by atoms with Crippen molar-refractivity contribution < 1.29 is 9.53 Å². The van der Waals surface area contributed by atoms with Gasteiger partial charge in [-0.1, -0.05) is 29.8 Å². The Labute approximate surface area is 138 Å². The minimum atomic E-state index is -0.299. The van der Waals surface area contributed by atoms with E-state index in [1.165, 1.54) is 0 Å². The first-order valence-electron chi connectivity index (χ1n) is 7.32. The monoisotopic (exact) mass is 329 g/mol. The molecule has 118 valence electrons. The summed E-state index contributed by atoms with van der Waals surface area (Å²) in [6.07, 6.45) is 1.75. The lowest BCUT2D eigenvalue weighted by Crippen LogP contribution is -2.23. The molecule has 5 nitrogen and oxygen atoms in total. The highest BCUT2D eigenvalue weighted by Crippen LogP contribution is 2.21. The van der Waals surface area contributed by atoms with Gasteiger partial charge in [0.1, 0.15) is 5.75 Å². The summed E-state index contributed by atoms with van der Waals surface area (Å²) in [5.41, 5.74) is 1.91.